The maximum Gasteiger partial charge on any atom is 0.410 e. The standard InChI is InChI=1S/C13H21N5O2/c1-13(2,3)20-12(19)18-7-6-9(8-18)15-11-5-4-10(14)16-17-11/h4-5,9H,6-8H2,1-3H3,(H2,14,16)(H,15,17). The van der Waals surface area contributed by atoms with Crippen LogP contribution >= 0.6 is 0 Å². The number of rotatable bonds is 2. The van der Waals surface area contributed by atoms with E-state index in [1.807, 2.05) is 20.8 Å². The largest absolute Gasteiger partial charge is 0.444 e. The molecule has 1 amide bonds. The number of ether oxygens (including phenoxy) is 1. The van der Waals surface area contributed by atoms with E-state index in [-0.39, 0.29) is 12.1 Å². The second-order valence-corrected chi connectivity index (χ2v) is 5.90. The average Bonchev–Trinajstić information content (AvgIpc) is 2.79. The van der Waals surface area contributed by atoms with Crippen molar-refractivity contribution in [3.8, 4) is 0 Å². The molecular weight excluding hydrogens is 258 g/mol. The van der Waals surface area contributed by atoms with Crippen molar-refractivity contribution in [2.45, 2.75) is 38.8 Å². The summed E-state index contributed by atoms with van der Waals surface area (Å²) >= 11 is 0. The van der Waals surface area contributed by atoms with Gasteiger partial charge in [0.25, 0.3) is 0 Å². The number of hydrogen-bond donors (Lipinski definition) is 2. The second kappa shape index (κ2) is 5.52. The third-order valence-electron chi connectivity index (χ3n) is 2.88. The molecule has 1 atom stereocenters. The molecule has 7 heteroatoms. The molecule has 20 heavy (non-hydrogen) atoms. The van der Waals surface area contributed by atoms with Gasteiger partial charge in [-0.25, -0.2) is 4.79 Å². The van der Waals surface area contributed by atoms with E-state index >= 15 is 0 Å². The number of amides is 1. The molecule has 1 aliphatic heterocycles. The minimum absolute atomic E-state index is 0.153. The summed E-state index contributed by atoms with van der Waals surface area (Å²) in [5, 5.41) is 11.0. The van der Waals surface area contributed by atoms with Gasteiger partial charge in [0.2, 0.25) is 0 Å². The quantitative estimate of drug-likeness (QED) is 0.851. The summed E-state index contributed by atoms with van der Waals surface area (Å²) in [4.78, 5) is 13.6. The first-order chi connectivity index (χ1) is 9.33. The Morgan fingerprint density at radius 2 is 2.20 bits per heavy atom. The van der Waals surface area contributed by atoms with E-state index in [9.17, 15) is 4.79 Å². The molecule has 1 saturated heterocycles. The van der Waals surface area contributed by atoms with Crippen LogP contribution in [0.2, 0.25) is 0 Å². The van der Waals surface area contributed by atoms with Crippen LogP contribution in [0.15, 0.2) is 12.1 Å². The Morgan fingerprint density at radius 1 is 1.45 bits per heavy atom. The van der Waals surface area contributed by atoms with Crippen LogP contribution in [-0.4, -0.2) is 45.9 Å². The van der Waals surface area contributed by atoms with E-state index in [1.165, 1.54) is 0 Å². The molecule has 1 aliphatic rings. The van der Waals surface area contributed by atoms with Crippen LogP contribution in [-0.2, 0) is 4.74 Å². The number of carbonyl (C=O) groups excluding carboxylic acids is 1. The molecule has 2 heterocycles. The molecule has 0 radical (unpaired) electrons. The number of hydrogen-bond acceptors (Lipinski definition) is 6. The molecule has 0 bridgehead atoms. The molecule has 1 aromatic rings. The highest BCUT2D eigenvalue weighted by atomic mass is 16.6. The van der Waals surface area contributed by atoms with Crippen LogP contribution in [0, 0.1) is 0 Å². The molecule has 0 spiro atoms. The monoisotopic (exact) mass is 279 g/mol. The number of anilines is 2. The minimum atomic E-state index is -0.467. The highest BCUT2D eigenvalue weighted by Gasteiger charge is 2.29. The molecule has 1 aromatic heterocycles. The number of aromatic nitrogens is 2. The zero-order valence-corrected chi connectivity index (χ0v) is 12.1. The van der Waals surface area contributed by atoms with Crippen molar-refractivity contribution in [1.82, 2.24) is 15.1 Å². The molecule has 1 fully saturated rings. The molecule has 110 valence electrons. The fraction of sp³-hybridized carbons (Fsp3) is 0.615. The zero-order chi connectivity index (χ0) is 14.8. The topological polar surface area (TPSA) is 93.4 Å². The number of nitrogens with zero attached hydrogens (tertiary/aromatic N) is 3. The van der Waals surface area contributed by atoms with Crippen molar-refractivity contribution in [1.29, 1.82) is 0 Å². The smallest absolute Gasteiger partial charge is 0.410 e. The number of nitrogens with two attached hydrogens (primary N) is 1. The third kappa shape index (κ3) is 3.97. The lowest BCUT2D eigenvalue weighted by Crippen LogP contribution is -2.36. The fourth-order valence-corrected chi connectivity index (χ4v) is 2.00. The number of nitrogens with one attached hydrogen (secondary N) is 1. The van der Waals surface area contributed by atoms with Gasteiger partial charge in [-0.15, -0.1) is 10.2 Å². The van der Waals surface area contributed by atoms with Gasteiger partial charge in [0.1, 0.15) is 17.2 Å². The van der Waals surface area contributed by atoms with Crippen molar-refractivity contribution < 1.29 is 9.53 Å². The summed E-state index contributed by atoms with van der Waals surface area (Å²) in [6.45, 7) is 6.86. The SMILES string of the molecule is CC(C)(C)OC(=O)N1CCC(Nc2ccc(N)nn2)C1. The first kappa shape index (κ1) is 14.4. The van der Waals surface area contributed by atoms with E-state index in [2.05, 4.69) is 15.5 Å². The third-order valence-corrected chi connectivity index (χ3v) is 2.88. The summed E-state index contributed by atoms with van der Waals surface area (Å²) < 4.78 is 5.35. The highest BCUT2D eigenvalue weighted by Crippen LogP contribution is 2.17. The Morgan fingerprint density at radius 3 is 2.80 bits per heavy atom. The lowest BCUT2D eigenvalue weighted by atomic mass is 10.2. The maximum atomic E-state index is 11.9. The molecule has 0 aliphatic carbocycles. The molecular formula is C13H21N5O2. The van der Waals surface area contributed by atoms with Gasteiger partial charge in [-0.3, -0.25) is 0 Å². The van der Waals surface area contributed by atoms with Crippen LogP contribution in [0.1, 0.15) is 27.2 Å². The summed E-state index contributed by atoms with van der Waals surface area (Å²) in [6, 6.07) is 3.62. The van der Waals surface area contributed by atoms with Gasteiger partial charge in [-0.1, -0.05) is 0 Å². The average molecular weight is 279 g/mol. The molecule has 2 rings (SSSR count). The summed E-state index contributed by atoms with van der Waals surface area (Å²) in [7, 11) is 0. The molecule has 7 nitrogen and oxygen atoms in total. The van der Waals surface area contributed by atoms with Gasteiger partial charge >= 0.3 is 6.09 Å². The number of carbonyl (C=O) groups is 1. The van der Waals surface area contributed by atoms with Crippen molar-refractivity contribution in [3.63, 3.8) is 0 Å². The Hall–Kier alpha value is -2.05. The fourth-order valence-electron chi connectivity index (χ4n) is 2.00. The van der Waals surface area contributed by atoms with Crippen LogP contribution in [0.25, 0.3) is 0 Å². The number of nitrogen functional groups attached to an aromatic ring is 1. The van der Waals surface area contributed by atoms with Gasteiger partial charge in [0.15, 0.2) is 0 Å². The predicted octanol–water partition coefficient (Wildman–Crippen LogP) is 1.48. The first-order valence-corrected chi connectivity index (χ1v) is 6.67. The van der Waals surface area contributed by atoms with Crippen molar-refractivity contribution in [2.24, 2.45) is 0 Å². The second-order valence-electron chi connectivity index (χ2n) is 5.90. The lowest BCUT2D eigenvalue weighted by Gasteiger charge is -2.24. The van der Waals surface area contributed by atoms with Crippen LogP contribution in [0.4, 0.5) is 16.4 Å². The van der Waals surface area contributed by atoms with Crippen molar-refractivity contribution in [3.05, 3.63) is 12.1 Å². The van der Waals surface area contributed by atoms with Crippen LogP contribution in [0.3, 0.4) is 0 Å². The van der Waals surface area contributed by atoms with Gasteiger partial charge < -0.3 is 20.7 Å². The van der Waals surface area contributed by atoms with Gasteiger partial charge in [-0.2, -0.15) is 0 Å². The molecule has 0 aromatic carbocycles. The van der Waals surface area contributed by atoms with E-state index in [4.69, 9.17) is 10.5 Å². The Labute approximate surface area is 118 Å². The predicted molar refractivity (Wildman–Crippen MR) is 76.3 cm³/mol. The van der Waals surface area contributed by atoms with Gasteiger partial charge in [0, 0.05) is 19.1 Å². The van der Waals surface area contributed by atoms with Gasteiger partial charge in [-0.05, 0) is 39.3 Å². The summed E-state index contributed by atoms with van der Waals surface area (Å²) in [5.41, 5.74) is 5.02. The maximum absolute atomic E-state index is 11.9. The Balaban J connectivity index is 1.86. The first-order valence-electron chi connectivity index (χ1n) is 6.67. The lowest BCUT2D eigenvalue weighted by molar-refractivity contribution is 0.0293. The van der Waals surface area contributed by atoms with E-state index in [0.29, 0.717) is 24.7 Å². The van der Waals surface area contributed by atoms with E-state index in [1.54, 1.807) is 17.0 Å². The van der Waals surface area contributed by atoms with Crippen LogP contribution < -0.4 is 11.1 Å². The summed E-state index contributed by atoms with van der Waals surface area (Å²) in [5.74, 6) is 1.05. The Kier molecular flexibility index (Phi) is 3.96. The Bertz CT molecular complexity index is 469. The normalized spacial score (nSPS) is 18.9. The molecule has 1 unspecified atom stereocenters. The van der Waals surface area contributed by atoms with E-state index in [0.717, 1.165) is 6.42 Å². The number of likely N-dealkylation sites (tertiary alicyclic amines) is 1. The van der Waals surface area contributed by atoms with Crippen LogP contribution in [0.5, 0.6) is 0 Å². The molecule has 3 N–H and O–H groups in total. The van der Waals surface area contributed by atoms with Gasteiger partial charge in [0.05, 0.1) is 0 Å². The van der Waals surface area contributed by atoms with E-state index < -0.39 is 5.60 Å². The van der Waals surface area contributed by atoms with Crippen molar-refractivity contribution >= 4 is 17.7 Å². The van der Waals surface area contributed by atoms with Crippen molar-refractivity contribution in [2.75, 3.05) is 24.1 Å². The zero-order valence-electron chi connectivity index (χ0n) is 12.1. The summed E-state index contributed by atoms with van der Waals surface area (Å²) in [6.07, 6.45) is 0.580. The minimum Gasteiger partial charge on any atom is -0.444 e. The molecule has 0 saturated carbocycles. The highest BCUT2D eigenvalue weighted by molar-refractivity contribution is 5.68.